The van der Waals surface area contributed by atoms with E-state index >= 15 is 0 Å². The fourth-order valence-electron chi connectivity index (χ4n) is 1.23. The van der Waals surface area contributed by atoms with Crippen molar-refractivity contribution in [2.75, 3.05) is 5.32 Å². The molecule has 0 saturated carbocycles. The van der Waals surface area contributed by atoms with Crippen LogP contribution in [-0.4, -0.2) is 15.8 Å². The molecule has 1 unspecified atom stereocenters. The molecule has 4 nitrogen and oxygen atoms in total. The molecule has 1 aromatic heterocycles. The van der Waals surface area contributed by atoms with Crippen molar-refractivity contribution in [2.24, 2.45) is 5.92 Å². The summed E-state index contributed by atoms with van der Waals surface area (Å²) in [6, 6.07) is 0.280. The summed E-state index contributed by atoms with van der Waals surface area (Å²) in [7, 11) is 0. The molecule has 1 N–H and O–H groups in total. The van der Waals surface area contributed by atoms with E-state index in [9.17, 15) is 4.79 Å². The summed E-state index contributed by atoms with van der Waals surface area (Å²) in [5, 5.41) is 7.35. The molecule has 0 amide bonds. The monoisotopic (exact) mass is 299 g/mol. The molecule has 1 atom stereocenters. The topological polar surface area (TPSA) is 46.9 Å². The molecule has 17 heavy (non-hydrogen) atoms. The van der Waals surface area contributed by atoms with Crippen LogP contribution in [0.3, 0.4) is 0 Å². The van der Waals surface area contributed by atoms with E-state index in [1.54, 1.807) is 12.3 Å². The van der Waals surface area contributed by atoms with E-state index < -0.39 is 0 Å². The lowest BCUT2D eigenvalue weighted by Gasteiger charge is -2.19. The number of halogens is 1. The highest BCUT2D eigenvalue weighted by Gasteiger charge is 2.12. The zero-order chi connectivity index (χ0) is 13.0. The first-order valence-electron chi connectivity index (χ1n) is 5.60. The maximum Gasteiger partial charge on any atom is 0.283 e. The summed E-state index contributed by atoms with van der Waals surface area (Å²) in [5.74, 6) is 0.484. The van der Waals surface area contributed by atoms with Gasteiger partial charge in [-0.15, -0.1) is 6.58 Å². The third-order valence-electron chi connectivity index (χ3n) is 2.67. The number of nitrogens with one attached hydrogen (secondary N) is 1. The Morgan fingerprint density at radius 2 is 2.24 bits per heavy atom. The van der Waals surface area contributed by atoms with Crippen LogP contribution in [0.15, 0.2) is 28.1 Å². The van der Waals surface area contributed by atoms with Crippen LogP contribution in [0.25, 0.3) is 0 Å². The Labute approximate surface area is 110 Å². The second kappa shape index (κ2) is 6.00. The first-order valence-corrected chi connectivity index (χ1v) is 6.39. The minimum atomic E-state index is -0.147. The van der Waals surface area contributed by atoms with Gasteiger partial charge in [0.2, 0.25) is 0 Å². The first kappa shape index (κ1) is 14.0. The Kier molecular flexibility index (Phi) is 4.93. The number of nitrogens with zero attached hydrogens (tertiary/aromatic N) is 2. The first-order chi connectivity index (χ1) is 7.97. The van der Waals surface area contributed by atoms with Crippen LogP contribution in [-0.2, 0) is 6.54 Å². The maximum absolute atomic E-state index is 11.9. The van der Waals surface area contributed by atoms with E-state index in [-0.39, 0.29) is 11.6 Å². The van der Waals surface area contributed by atoms with Gasteiger partial charge in [-0.2, -0.15) is 5.10 Å². The fraction of sp³-hybridized carbons (Fsp3) is 0.500. The molecule has 0 aliphatic rings. The van der Waals surface area contributed by atoms with Crippen molar-refractivity contribution in [3.8, 4) is 0 Å². The third-order valence-corrected chi connectivity index (χ3v) is 3.44. The normalized spacial score (nSPS) is 12.5. The lowest BCUT2D eigenvalue weighted by Crippen LogP contribution is -2.27. The Bertz CT molecular complexity index is 454. The summed E-state index contributed by atoms with van der Waals surface area (Å²) >= 11 is 3.31. The van der Waals surface area contributed by atoms with Gasteiger partial charge >= 0.3 is 0 Å². The summed E-state index contributed by atoms with van der Waals surface area (Å²) < 4.78 is 1.88. The lowest BCUT2D eigenvalue weighted by atomic mass is 10.1. The molecule has 94 valence electrons. The fourth-order valence-corrected chi connectivity index (χ4v) is 1.65. The standard InChI is InChI=1S/C12H18BrN3O/c1-5-6-16-12(17)11(13)10(7-14-16)15-9(4)8(2)3/h5,7-9,15H,1,6H2,2-4H3. The minimum absolute atomic E-state index is 0.147. The van der Waals surface area contributed by atoms with Gasteiger partial charge in [0.15, 0.2) is 0 Å². The van der Waals surface area contributed by atoms with Gasteiger partial charge in [-0.05, 0) is 28.8 Å². The Balaban J connectivity index is 3.00. The molecule has 0 spiro atoms. The van der Waals surface area contributed by atoms with Crippen molar-refractivity contribution in [1.29, 1.82) is 0 Å². The molecule has 0 bridgehead atoms. The van der Waals surface area contributed by atoms with Crippen LogP contribution in [0, 0.1) is 5.92 Å². The predicted molar refractivity (Wildman–Crippen MR) is 74.3 cm³/mol. The number of hydrogen-bond acceptors (Lipinski definition) is 3. The van der Waals surface area contributed by atoms with Crippen molar-refractivity contribution in [3.05, 3.63) is 33.7 Å². The van der Waals surface area contributed by atoms with Gasteiger partial charge in [0.25, 0.3) is 5.56 Å². The lowest BCUT2D eigenvalue weighted by molar-refractivity contribution is 0.557. The van der Waals surface area contributed by atoms with Crippen LogP contribution in [0.1, 0.15) is 20.8 Å². The van der Waals surface area contributed by atoms with E-state index in [4.69, 9.17) is 0 Å². The smallest absolute Gasteiger partial charge is 0.283 e. The zero-order valence-corrected chi connectivity index (χ0v) is 12.0. The molecule has 0 saturated heterocycles. The van der Waals surface area contributed by atoms with Gasteiger partial charge in [0, 0.05) is 6.04 Å². The highest BCUT2D eigenvalue weighted by molar-refractivity contribution is 9.10. The molecule has 0 aliphatic heterocycles. The minimum Gasteiger partial charge on any atom is -0.380 e. The number of aromatic nitrogens is 2. The summed E-state index contributed by atoms with van der Waals surface area (Å²) in [6.07, 6.45) is 3.30. The average molecular weight is 300 g/mol. The number of anilines is 1. The summed E-state index contributed by atoms with van der Waals surface area (Å²) in [6.45, 7) is 10.3. The number of allylic oxidation sites excluding steroid dienone is 1. The zero-order valence-electron chi connectivity index (χ0n) is 10.4. The Hall–Kier alpha value is -1.10. The van der Waals surface area contributed by atoms with Gasteiger partial charge < -0.3 is 5.32 Å². The van der Waals surface area contributed by atoms with Gasteiger partial charge in [-0.25, -0.2) is 4.68 Å². The Morgan fingerprint density at radius 3 is 2.76 bits per heavy atom. The van der Waals surface area contributed by atoms with Gasteiger partial charge in [0.05, 0.1) is 18.4 Å². The van der Waals surface area contributed by atoms with E-state index in [1.807, 2.05) is 0 Å². The average Bonchev–Trinajstić information content (AvgIpc) is 2.28. The van der Waals surface area contributed by atoms with E-state index in [0.29, 0.717) is 16.9 Å². The van der Waals surface area contributed by atoms with Crippen LogP contribution in [0.4, 0.5) is 5.69 Å². The molecule has 1 aromatic rings. The molecule has 0 fully saturated rings. The largest absolute Gasteiger partial charge is 0.380 e. The predicted octanol–water partition coefficient (Wildman–Crippen LogP) is 2.65. The van der Waals surface area contributed by atoms with Crippen LogP contribution >= 0.6 is 15.9 Å². The van der Waals surface area contributed by atoms with Crippen molar-refractivity contribution < 1.29 is 0 Å². The summed E-state index contributed by atoms with van der Waals surface area (Å²) in [4.78, 5) is 11.9. The van der Waals surface area contributed by atoms with E-state index in [2.05, 4.69) is 53.7 Å². The van der Waals surface area contributed by atoms with Crippen molar-refractivity contribution >= 4 is 21.6 Å². The molecule has 1 rings (SSSR count). The molecule has 0 aromatic carbocycles. The molecule has 1 heterocycles. The highest BCUT2D eigenvalue weighted by atomic mass is 79.9. The highest BCUT2D eigenvalue weighted by Crippen LogP contribution is 2.18. The second-order valence-corrected chi connectivity index (χ2v) is 5.12. The summed E-state index contributed by atoms with van der Waals surface area (Å²) in [5.41, 5.74) is 0.586. The van der Waals surface area contributed by atoms with E-state index in [0.717, 1.165) is 5.69 Å². The van der Waals surface area contributed by atoms with Crippen molar-refractivity contribution in [3.63, 3.8) is 0 Å². The van der Waals surface area contributed by atoms with Crippen molar-refractivity contribution in [1.82, 2.24) is 9.78 Å². The molecule has 0 radical (unpaired) electrons. The van der Waals surface area contributed by atoms with Gasteiger partial charge in [0.1, 0.15) is 4.47 Å². The molecule has 5 heteroatoms. The Morgan fingerprint density at radius 1 is 1.59 bits per heavy atom. The quantitative estimate of drug-likeness (QED) is 0.850. The van der Waals surface area contributed by atoms with Crippen LogP contribution < -0.4 is 10.9 Å². The number of hydrogen-bond donors (Lipinski definition) is 1. The molecular formula is C12H18BrN3O. The van der Waals surface area contributed by atoms with Gasteiger partial charge in [-0.1, -0.05) is 19.9 Å². The van der Waals surface area contributed by atoms with Crippen LogP contribution in [0.5, 0.6) is 0 Å². The van der Waals surface area contributed by atoms with Gasteiger partial charge in [-0.3, -0.25) is 4.79 Å². The SMILES string of the molecule is C=CCn1ncc(NC(C)C(C)C)c(Br)c1=O. The van der Waals surface area contributed by atoms with Crippen LogP contribution in [0.2, 0.25) is 0 Å². The van der Waals surface area contributed by atoms with E-state index in [1.165, 1.54) is 4.68 Å². The third kappa shape index (κ3) is 3.43. The second-order valence-electron chi connectivity index (χ2n) is 4.33. The maximum atomic E-state index is 11.9. The molecular weight excluding hydrogens is 282 g/mol. The number of rotatable bonds is 5. The molecule has 0 aliphatic carbocycles. The van der Waals surface area contributed by atoms with Crippen molar-refractivity contribution in [2.45, 2.75) is 33.4 Å².